The molecule has 1 atom stereocenters. The second-order valence-corrected chi connectivity index (χ2v) is 8.02. The summed E-state index contributed by atoms with van der Waals surface area (Å²) >= 11 is 0. The smallest absolute Gasteiger partial charge is 0.354 e. The fourth-order valence-corrected chi connectivity index (χ4v) is 4.45. The molecule has 0 spiro atoms. The van der Waals surface area contributed by atoms with Crippen molar-refractivity contribution in [3.05, 3.63) is 64.7 Å². The molecule has 1 unspecified atom stereocenters. The number of aryl methyl sites for hydroxylation is 2. The van der Waals surface area contributed by atoms with E-state index < -0.39 is 11.6 Å². The number of ether oxygens (including phenoxy) is 2. The van der Waals surface area contributed by atoms with Gasteiger partial charge in [0.05, 0.1) is 17.9 Å². The number of carbonyl (C=O) groups is 3. The Bertz CT molecular complexity index is 1050. The van der Waals surface area contributed by atoms with Gasteiger partial charge >= 0.3 is 5.97 Å². The average Bonchev–Trinajstić information content (AvgIpc) is 3.12. The first kappa shape index (κ1) is 21.1. The summed E-state index contributed by atoms with van der Waals surface area (Å²) in [7, 11) is 1.53. The summed E-state index contributed by atoms with van der Waals surface area (Å²) in [6.45, 7) is 4.42. The van der Waals surface area contributed by atoms with Gasteiger partial charge in [0, 0.05) is 26.5 Å². The molecular formula is C24H26N2O5. The summed E-state index contributed by atoms with van der Waals surface area (Å²) in [4.78, 5) is 42.8. The molecule has 0 saturated carbocycles. The molecule has 4 rings (SSSR count). The van der Waals surface area contributed by atoms with Crippen LogP contribution in [0.5, 0.6) is 0 Å². The van der Waals surface area contributed by atoms with E-state index in [4.69, 9.17) is 9.47 Å². The van der Waals surface area contributed by atoms with Gasteiger partial charge in [-0.15, -0.1) is 0 Å². The predicted molar refractivity (Wildman–Crippen MR) is 115 cm³/mol. The number of para-hydroxylation sites is 1. The van der Waals surface area contributed by atoms with Crippen LogP contribution in [0.4, 0.5) is 5.69 Å². The third-order valence-corrected chi connectivity index (χ3v) is 6.08. The lowest BCUT2D eigenvalue weighted by Gasteiger charge is -2.48. The molecule has 1 saturated heterocycles. The van der Waals surface area contributed by atoms with Crippen LogP contribution in [0.3, 0.4) is 0 Å². The zero-order chi connectivity index (χ0) is 22.2. The summed E-state index contributed by atoms with van der Waals surface area (Å²) in [5, 5.41) is 0. The van der Waals surface area contributed by atoms with Crippen LogP contribution in [0.2, 0.25) is 0 Å². The van der Waals surface area contributed by atoms with Crippen molar-refractivity contribution >= 4 is 23.5 Å². The van der Waals surface area contributed by atoms with Crippen LogP contribution in [-0.2, 0) is 25.7 Å². The predicted octanol–water partition coefficient (Wildman–Crippen LogP) is 2.97. The Balaban J connectivity index is 1.74. The molecular weight excluding hydrogens is 396 g/mol. The minimum atomic E-state index is -1.50. The molecule has 0 N–H and O–H groups in total. The van der Waals surface area contributed by atoms with E-state index >= 15 is 0 Å². The highest BCUT2D eigenvalue weighted by molar-refractivity contribution is 6.15. The van der Waals surface area contributed by atoms with Crippen LogP contribution < -0.4 is 4.90 Å². The number of nitrogens with zero attached hydrogens (tertiary/aromatic N) is 2. The quantitative estimate of drug-likeness (QED) is 0.669. The highest BCUT2D eigenvalue weighted by Gasteiger charge is 2.61. The number of rotatable bonds is 6. The summed E-state index contributed by atoms with van der Waals surface area (Å²) in [5.41, 5.74) is 2.32. The van der Waals surface area contributed by atoms with Gasteiger partial charge in [-0.1, -0.05) is 35.9 Å². The number of hydrogen-bond donors (Lipinski definition) is 0. The number of fused-ring (bicyclic) bond motifs is 3. The highest BCUT2D eigenvalue weighted by Crippen LogP contribution is 2.45. The van der Waals surface area contributed by atoms with Gasteiger partial charge in [-0.05, 0) is 37.1 Å². The first-order valence-corrected chi connectivity index (χ1v) is 10.4. The summed E-state index contributed by atoms with van der Waals surface area (Å²) in [6.07, 6.45) is 0.338. The largest absolute Gasteiger partial charge is 0.458 e. The van der Waals surface area contributed by atoms with Crippen LogP contribution >= 0.6 is 0 Å². The van der Waals surface area contributed by atoms with Crippen molar-refractivity contribution in [1.29, 1.82) is 0 Å². The minimum Gasteiger partial charge on any atom is -0.458 e. The third-order valence-electron chi connectivity index (χ3n) is 6.08. The van der Waals surface area contributed by atoms with Crippen LogP contribution in [0.1, 0.15) is 39.9 Å². The standard InChI is InChI=1S/C24H26N2O5/c1-16-8-9-17(2)18(14-16)15-31-23(29)24-11-10-21(27)26(24)20-7-5-4-6-19(20)22(28)25(24)12-13-30-3/h4-9,14H,10-13,15H2,1-3H3. The lowest BCUT2D eigenvalue weighted by molar-refractivity contribution is -0.159. The Labute approximate surface area is 181 Å². The van der Waals surface area contributed by atoms with Gasteiger partial charge in [-0.3, -0.25) is 14.5 Å². The van der Waals surface area contributed by atoms with E-state index in [-0.39, 0.29) is 44.4 Å². The molecule has 2 aromatic carbocycles. The number of anilines is 1. The van der Waals surface area contributed by atoms with Gasteiger partial charge < -0.3 is 14.4 Å². The van der Waals surface area contributed by atoms with Crippen LogP contribution in [0.15, 0.2) is 42.5 Å². The molecule has 2 heterocycles. The lowest BCUT2D eigenvalue weighted by atomic mass is 9.96. The number of esters is 1. The van der Waals surface area contributed by atoms with Crippen LogP contribution in [0, 0.1) is 13.8 Å². The van der Waals surface area contributed by atoms with Gasteiger partial charge in [-0.25, -0.2) is 4.79 Å². The number of carbonyl (C=O) groups excluding carboxylic acids is 3. The molecule has 31 heavy (non-hydrogen) atoms. The molecule has 0 radical (unpaired) electrons. The van der Waals surface area contributed by atoms with Gasteiger partial charge in [0.2, 0.25) is 11.6 Å². The lowest BCUT2D eigenvalue weighted by Crippen LogP contribution is -2.68. The molecule has 7 nitrogen and oxygen atoms in total. The van der Waals surface area contributed by atoms with Crippen LogP contribution in [0.25, 0.3) is 0 Å². The minimum absolute atomic E-state index is 0.0735. The molecule has 1 fully saturated rings. The van der Waals surface area contributed by atoms with Crippen molar-refractivity contribution in [2.24, 2.45) is 0 Å². The van der Waals surface area contributed by atoms with Crippen molar-refractivity contribution in [2.45, 2.75) is 39.0 Å². The van der Waals surface area contributed by atoms with E-state index in [1.807, 2.05) is 32.0 Å². The number of hydrogen-bond acceptors (Lipinski definition) is 5. The van der Waals surface area contributed by atoms with E-state index in [2.05, 4.69) is 0 Å². The molecule has 162 valence electrons. The van der Waals surface area contributed by atoms with E-state index in [9.17, 15) is 14.4 Å². The van der Waals surface area contributed by atoms with Gasteiger partial charge in [0.25, 0.3) is 5.91 Å². The van der Waals surface area contributed by atoms with Crippen LogP contribution in [-0.4, -0.2) is 48.6 Å². The molecule has 7 heteroatoms. The molecule has 2 aromatic rings. The van der Waals surface area contributed by atoms with E-state index in [1.165, 1.54) is 16.9 Å². The average molecular weight is 422 g/mol. The molecule has 2 aliphatic rings. The van der Waals surface area contributed by atoms with E-state index in [1.54, 1.807) is 24.3 Å². The van der Waals surface area contributed by atoms with Gasteiger partial charge in [-0.2, -0.15) is 0 Å². The Morgan fingerprint density at radius 1 is 1.13 bits per heavy atom. The number of benzene rings is 2. The van der Waals surface area contributed by atoms with Crippen molar-refractivity contribution in [1.82, 2.24) is 4.90 Å². The zero-order valence-electron chi connectivity index (χ0n) is 18.0. The monoisotopic (exact) mass is 422 g/mol. The SMILES string of the molecule is COCCN1C(=O)c2ccccc2N2C(=O)CCC12C(=O)OCc1cc(C)ccc1C. The Morgan fingerprint density at radius 3 is 2.68 bits per heavy atom. The maximum Gasteiger partial charge on any atom is 0.354 e. The zero-order valence-corrected chi connectivity index (χ0v) is 18.0. The second-order valence-electron chi connectivity index (χ2n) is 8.02. The normalized spacial score (nSPS) is 20.0. The maximum atomic E-state index is 13.6. The van der Waals surface area contributed by atoms with E-state index in [0.717, 1.165) is 16.7 Å². The summed E-state index contributed by atoms with van der Waals surface area (Å²) < 4.78 is 11.0. The third kappa shape index (κ3) is 3.39. The van der Waals surface area contributed by atoms with Crippen molar-refractivity contribution < 1.29 is 23.9 Å². The van der Waals surface area contributed by atoms with Crippen molar-refractivity contribution in [3.8, 4) is 0 Å². The molecule has 0 aliphatic carbocycles. The first-order valence-electron chi connectivity index (χ1n) is 10.4. The Kier molecular flexibility index (Phi) is 5.54. The van der Waals surface area contributed by atoms with E-state index in [0.29, 0.717) is 11.3 Å². The maximum absolute atomic E-state index is 13.6. The van der Waals surface area contributed by atoms with Gasteiger partial charge in [0.15, 0.2) is 0 Å². The second kappa shape index (κ2) is 8.15. The first-order chi connectivity index (χ1) is 14.9. The number of amides is 2. The van der Waals surface area contributed by atoms with Crippen molar-refractivity contribution in [2.75, 3.05) is 25.2 Å². The Morgan fingerprint density at radius 2 is 1.90 bits per heavy atom. The fourth-order valence-electron chi connectivity index (χ4n) is 4.45. The van der Waals surface area contributed by atoms with Gasteiger partial charge in [0.1, 0.15) is 6.61 Å². The molecule has 0 aromatic heterocycles. The molecule has 0 bridgehead atoms. The fraction of sp³-hybridized carbons (Fsp3) is 0.375. The highest BCUT2D eigenvalue weighted by atomic mass is 16.5. The topological polar surface area (TPSA) is 76.2 Å². The molecule has 2 aliphatic heterocycles. The summed E-state index contributed by atoms with van der Waals surface area (Å²) in [5.74, 6) is -1.11. The Hall–Kier alpha value is -3.19. The van der Waals surface area contributed by atoms with Crippen molar-refractivity contribution in [3.63, 3.8) is 0 Å². The number of methoxy groups -OCH3 is 1. The summed E-state index contributed by atoms with van der Waals surface area (Å²) in [6, 6.07) is 12.8. The molecule has 2 amide bonds.